The summed E-state index contributed by atoms with van der Waals surface area (Å²) < 4.78 is 18.6. The zero-order valence-corrected chi connectivity index (χ0v) is 10.8. The van der Waals surface area contributed by atoms with Crippen LogP contribution in [-0.4, -0.2) is 7.11 Å². The number of methoxy groups -OCH3 is 1. The summed E-state index contributed by atoms with van der Waals surface area (Å²) in [4.78, 5) is 0. The molecule has 0 spiro atoms. The minimum atomic E-state index is -0.447. The maximum Gasteiger partial charge on any atom is 0.124 e. The molecule has 0 radical (unpaired) electrons. The van der Waals surface area contributed by atoms with Gasteiger partial charge in [0.15, 0.2) is 0 Å². The van der Waals surface area contributed by atoms with Crippen LogP contribution in [0.15, 0.2) is 42.5 Å². The Labute approximate surface area is 112 Å². The summed E-state index contributed by atoms with van der Waals surface area (Å²) in [5, 5.41) is 0. The first-order valence-electron chi connectivity index (χ1n) is 6.03. The summed E-state index contributed by atoms with van der Waals surface area (Å²) in [6.07, 6.45) is 0. The van der Waals surface area contributed by atoms with Gasteiger partial charge in [-0.1, -0.05) is 24.3 Å². The monoisotopic (exact) mass is 260 g/mol. The molecule has 2 aromatic rings. The van der Waals surface area contributed by atoms with E-state index in [2.05, 4.69) is 0 Å². The van der Waals surface area contributed by atoms with Crippen molar-refractivity contribution in [3.63, 3.8) is 0 Å². The summed E-state index contributed by atoms with van der Waals surface area (Å²) >= 11 is 0. The molecule has 4 heteroatoms. The Morgan fingerprint density at radius 1 is 1.21 bits per heavy atom. The van der Waals surface area contributed by atoms with Crippen LogP contribution in [0.25, 0.3) is 0 Å². The van der Waals surface area contributed by atoms with Crippen LogP contribution in [0.5, 0.6) is 5.75 Å². The van der Waals surface area contributed by atoms with E-state index < -0.39 is 6.04 Å². The highest BCUT2D eigenvalue weighted by atomic mass is 19.1. The topological polar surface area (TPSA) is 61.3 Å². The molecule has 1 unspecified atom stereocenters. The second-order valence-corrected chi connectivity index (χ2v) is 4.31. The fourth-order valence-electron chi connectivity index (χ4n) is 2.04. The van der Waals surface area contributed by atoms with Crippen molar-refractivity contribution in [3.05, 3.63) is 65.0 Å². The number of hydrogen-bond acceptors (Lipinski definition) is 3. The molecule has 0 aliphatic carbocycles. The molecule has 19 heavy (non-hydrogen) atoms. The SMILES string of the molecule is COc1ccc(F)cc1C(N)c1cccc(CN)c1. The first kappa shape index (κ1) is 13.5. The Morgan fingerprint density at radius 2 is 2.00 bits per heavy atom. The standard InChI is InChI=1S/C15H17FN2O/c1-19-14-6-5-12(16)8-13(14)15(18)11-4-2-3-10(7-11)9-17/h2-8,15H,9,17-18H2,1H3. The Bertz CT molecular complexity index is 572. The minimum absolute atomic E-state index is 0.332. The number of halogens is 1. The maximum absolute atomic E-state index is 13.4. The van der Waals surface area contributed by atoms with Crippen molar-refractivity contribution in [1.82, 2.24) is 0 Å². The lowest BCUT2D eigenvalue weighted by Gasteiger charge is -2.17. The first-order chi connectivity index (χ1) is 9.15. The molecule has 100 valence electrons. The molecular formula is C15H17FN2O. The van der Waals surface area contributed by atoms with Crippen molar-refractivity contribution in [2.75, 3.05) is 7.11 Å². The average molecular weight is 260 g/mol. The van der Waals surface area contributed by atoms with Gasteiger partial charge in [-0.15, -0.1) is 0 Å². The normalized spacial score (nSPS) is 12.2. The minimum Gasteiger partial charge on any atom is -0.496 e. The fraction of sp³-hybridized carbons (Fsp3) is 0.200. The molecule has 0 aliphatic heterocycles. The molecule has 0 aromatic heterocycles. The van der Waals surface area contributed by atoms with Crippen molar-refractivity contribution in [1.29, 1.82) is 0 Å². The van der Waals surface area contributed by atoms with Gasteiger partial charge in [0.25, 0.3) is 0 Å². The molecule has 0 saturated carbocycles. The van der Waals surface area contributed by atoms with Crippen molar-refractivity contribution >= 4 is 0 Å². The highest BCUT2D eigenvalue weighted by Crippen LogP contribution is 2.29. The van der Waals surface area contributed by atoms with Crippen molar-refractivity contribution < 1.29 is 9.13 Å². The molecule has 0 fully saturated rings. The molecule has 1 atom stereocenters. The number of nitrogens with two attached hydrogens (primary N) is 2. The maximum atomic E-state index is 13.4. The molecule has 0 saturated heterocycles. The number of hydrogen-bond donors (Lipinski definition) is 2. The van der Waals surface area contributed by atoms with Gasteiger partial charge in [-0.05, 0) is 29.3 Å². The van der Waals surface area contributed by atoms with Gasteiger partial charge in [-0.2, -0.15) is 0 Å². The van der Waals surface area contributed by atoms with Crippen LogP contribution in [0.3, 0.4) is 0 Å². The summed E-state index contributed by atoms with van der Waals surface area (Å²) in [6.45, 7) is 0.445. The Morgan fingerprint density at radius 3 is 2.68 bits per heavy atom. The van der Waals surface area contributed by atoms with Gasteiger partial charge in [0.05, 0.1) is 13.2 Å². The van der Waals surface area contributed by atoms with E-state index in [1.807, 2.05) is 24.3 Å². The first-order valence-corrected chi connectivity index (χ1v) is 6.03. The van der Waals surface area contributed by atoms with E-state index in [1.54, 1.807) is 13.2 Å². The number of ether oxygens (including phenoxy) is 1. The number of benzene rings is 2. The lowest BCUT2D eigenvalue weighted by atomic mass is 9.97. The predicted molar refractivity (Wildman–Crippen MR) is 73.3 cm³/mol. The molecule has 0 heterocycles. The second-order valence-electron chi connectivity index (χ2n) is 4.31. The molecule has 4 N–H and O–H groups in total. The average Bonchev–Trinajstić information content (AvgIpc) is 2.46. The molecule has 0 aliphatic rings. The van der Waals surface area contributed by atoms with E-state index in [4.69, 9.17) is 16.2 Å². The van der Waals surface area contributed by atoms with Gasteiger partial charge in [-0.3, -0.25) is 0 Å². The lowest BCUT2D eigenvalue weighted by molar-refractivity contribution is 0.406. The van der Waals surface area contributed by atoms with Crippen molar-refractivity contribution in [2.45, 2.75) is 12.6 Å². The second kappa shape index (κ2) is 5.82. The Hall–Kier alpha value is -1.91. The van der Waals surface area contributed by atoms with Gasteiger partial charge >= 0.3 is 0 Å². The molecule has 0 amide bonds. The molecule has 3 nitrogen and oxygen atoms in total. The van der Waals surface area contributed by atoms with Crippen LogP contribution >= 0.6 is 0 Å². The van der Waals surface area contributed by atoms with E-state index in [9.17, 15) is 4.39 Å². The molecule has 2 aromatic carbocycles. The summed E-state index contributed by atoms with van der Waals surface area (Å²) in [5.74, 6) is 0.244. The predicted octanol–water partition coefficient (Wildman–Crippen LogP) is 2.34. The lowest BCUT2D eigenvalue weighted by Crippen LogP contribution is -2.14. The van der Waals surface area contributed by atoms with Gasteiger partial charge in [0.1, 0.15) is 11.6 Å². The number of rotatable bonds is 4. The fourth-order valence-corrected chi connectivity index (χ4v) is 2.04. The van der Waals surface area contributed by atoms with Crippen molar-refractivity contribution in [3.8, 4) is 5.75 Å². The van der Waals surface area contributed by atoms with Crippen molar-refractivity contribution in [2.24, 2.45) is 11.5 Å². The van der Waals surface area contributed by atoms with E-state index in [0.29, 0.717) is 17.9 Å². The zero-order valence-electron chi connectivity index (χ0n) is 10.8. The van der Waals surface area contributed by atoms with Crippen LogP contribution in [0.1, 0.15) is 22.7 Å². The van der Waals surface area contributed by atoms with Crippen LogP contribution in [0.4, 0.5) is 4.39 Å². The highest BCUT2D eigenvalue weighted by Gasteiger charge is 2.15. The van der Waals surface area contributed by atoms with Gasteiger partial charge in [-0.25, -0.2) is 4.39 Å². The van der Waals surface area contributed by atoms with Crippen LogP contribution in [0, 0.1) is 5.82 Å². The zero-order chi connectivity index (χ0) is 13.8. The third-order valence-corrected chi connectivity index (χ3v) is 3.07. The van der Waals surface area contributed by atoms with Gasteiger partial charge in [0.2, 0.25) is 0 Å². The van der Waals surface area contributed by atoms with E-state index >= 15 is 0 Å². The summed E-state index contributed by atoms with van der Waals surface area (Å²) in [5.41, 5.74) is 14.3. The van der Waals surface area contributed by atoms with Crippen LogP contribution in [-0.2, 0) is 6.54 Å². The smallest absolute Gasteiger partial charge is 0.124 e. The van der Waals surface area contributed by atoms with Crippen LogP contribution in [0.2, 0.25) is 0 Å². The molecule has 0 bridgehead atoms. The van der Waals surface area contributed by atoms with E-state index in [-0.39, 0.29) is 5.82 Å². The largest absolute Gasteiger partial charge is 0.496 e. The third-order valence-electron chi connectivity index (χ3n) is 3.07. The summed E-state index contributed by atoms with van der Waals surface area (Å²) in [7, 11) is 1.54. The van der Waals surface area contributed by atoms with Crippen LogP contribution < -0.4 is 16.2 Å². The van der Waals surface area contributed by atoms with Gasteiger partial charge in [0, 0.05) is 12.1 Å². The Balaban J connectivity index is 2.42. The Kier molecular flexibility index (Phi) is 4.14. The molecular weight excluding hydrogens is 243 g/mol. The highest BCUT2D eigenvalue weighted by molar-refractivity contribution is 5.42. The quantitative estimate of drug-likeness (QED) is 0.887. The molecule has 2 rings (SSSR count). The summed E-state index contributed by atoms with van der Waals surface area (Å²) in [6, 6.07) is 11.5. The van der Waals surface area contributed by atoms with E-state index in [1.165, 1.54) is 12.1 Å². The third kappa shape index (κ3) is 2.92. The van der Waals surface area contributed by atoms with E-state index in [0.717, 1.165) is 11.1 Å². The van der Waals surface area contributed by atoms with Gasteiger partial charge < -0.3 is 16.2 Å².